The zero-order valence-electron chi connectivity index (χ0n) is 15.8. The summed E-state index contributed by atoms with van der Waals surface area (Å²) in [6, 6.07) is 15.0. The lowest BCUT2D eigenvalue weighted by Crippen LogP contribution is -2.32. The molecule has 2 aromatic carbocycles. The van der Waals surface area contributed by atoms with E-state index in [4.69, 9.17) is 21.7 Å². The highest BCUT2D eigenvalue weighted by Crippen LogP contribution is 2.26. The van der Waals surface area contributed by atoms with Gasteiger partial charge in [0.2, 0.25) is 5.91 Å². The number of ether oxygens (including phenoxy) is 2. The molecular formula is C21H19N3O3S2. The zero-order valence-corrected chi connectivity index (χ0v) is 17.5. The van der Waals surface area contributed by atoms with Crippen LogP contribution in [0.2, 0.25) is 0 Å². The van der Waals surface area contributed by atoms with Crippen molar-refractivity contribution >= 4 is 45.8 Å². The summed E-state index contributed by atoms with van der Waals surface area (Å²) in [6.45, 7) is 0. The van der Waals surface area contributed by atoms with Gasteiger partial charge in [-0.1, -0.05) is 12.1 Å². The third-order valence-electron chi connectivity index (χ3n) is 3.89. The van der Waals surface area contributed by atoms with Crippen LogP contribution in [0.5, 0.6) is 11.5 Å². The fraction of sp³-hybridized carbons (Fsp3) is 0.0952. The number of carbonyl (C=O) groups is 1. The van der Waals surface area contributed by atoms with Crippen molar-refractivity contribution in [2.45, 2.75) is 0 Å². The Kier molecular flexibility index (Phi) is 6.94. The van der Waals surface area contributed by atoms with Crippen LogP contribution in [0.15, 0.2) is 60.0 Å². The van der Waals surface area contributed by atoms with Gasteiger partial charge in [-0.15, -0.1) is 11.3 Å². The number of anilines is 1. The zero-order chi connectivity index (χ0) is 20.6. The van der Waals surface area contributed by atoms with Gasteiger partial charge in [-0.2, -0.15) is 0 Å². The van der Waals surface area contributed by atoms with Crippen LogP contribution in [0.4, 0.5) is 5.13 Å². The van der Waals surface area contributed by atoms with E-state index in [1.165, 1.54) is 17.4 Å². The number of thiocarbonyl (C=S) groups is 1. The van der Waals surface area contributed by atoms with E-state index in [0.29, 0.717) is 5.13 Å². The highest BCUT2D eigenvalue weighted by molar-refractivity contribution is 7.80. The van der Waals surface area contributed by atoms with Crippen molar-refractivity contribution in [2.24, 2.45) is 0 Å². The maximum atomic E-state index is 12.0. The molecule has 0 aliphatic carbocycles. The number of thiazole rings is 1. The molecule has 0 bridgehead atoms. The second-order valence-electron chi connectivity index (χ2n) is 5.82. The van der Waals surface area contributed by atoms with Crippen molar-refractivity contribution in [3.8, 4) is 22.8 Å². The fourth-order valence-corrected chi connectivity index (χ4v) is 3.38. The van der Waals surface area contributed by atoms with Crippen molar-refractivity contribution < 1.29 is 14.3 Å². The highest BCUT2D eigenvalue weighted by Gasteiger charge is 2.07. The van der Waals surface area contributed by atoms with Crippen LogP contribution in [-0.4, -0.2) is 30.2 Å². The molecule has 0 unspecified atom stereocenters. The molecule has 0 radical (unpaired) electrons. The molecule has 1 heterocycles. The monoisotopic (exact) mass is 425 g/mol. The summed E-state index contributed by atoms with van der Waals surface area (Å²) < 4.78 is 10.3. The smallest absolute Gasteiger partial charge is 0.250 e. The molecule has 6 nitrogen and oxygen atoms in total. The van der Waals surface area contributed by atoms with Gasteiger partial charge in [0.1, 0.15) is 11.5 Å². The number of aromatic nitrogens is 1. The van der Waals surface area contributed by atoms with E-state index in [9.17, 15) is 4.79 Å². The number of hydrogen-bond donors (Lipinski definition) is 2. The Balaban J connectivity index is 1.54. The SMILES string of the molecule is COc1ccc(C=CC(=O)NC(=S)Nc2nc(-c3ccc(OC)cc3)cs2)cc1. The van der Waals surface area contributed by atoms with Crippen LogP contribution in [0.3, 0.4) is 0 Å². The molecule has 2 N–H and O–H groups in total. The third kappa shape index (κ3) is 5.87. The van der Waals surface area contributed by atoms with Crippen molar-refractivity contribution in [1.82, 2.24) is 10.3 Å². The molecule has 0 atom stereocenters. The van der Waals surface area contributed by atoms with Gasteiger partial charge in [-0.3, -0.25) is 10.1 Å². The van der Waals surface area contributed by atoms with Crippen LogP contribution in [-0.2, 0) is 4.79 Å². The fourth-order valence-electron chi connectivity index (χ4n) is 2.39. The van der Waals surface area contributed by atoms with Gasteiger partial charge < -0.3 is 14.8 Å². The van der Waals surface area contributed by atoms with Gasteiger partial charge in [-0.05, 0) is 60.3 Å². The maximum absolute atomic E-state index is 12.0. The van der Waals surface area contributed by atoms with E-state index < -0.39 is 0 Å². The second kappa shape index (κ2) is 9.81. The lowest BCUT2D eigenvalue weighted by atomic mass is 10.2. The average molecular weight is 426 g/mol. The summed E-state index contributed by atoms with van der Waals surface area (Å²) in [4.78, 5) is 16.5. The van der Waals surface area contributed by atoms with E-state index in [1.807, 2.05) is 53.9 Å². The Hall–Kier alpha value is -3.23. The average Bonchev–Trinajstić information content (AvgIpc) is 3.21. The standard InChI is InChI=1S/C21H19N3O3S2/c1-26-16-8-3-14(4-9-16)5-12-19(25)23-20(28)24-21-22-18(13-29-21)15-6-10-17(27-2)11-7-15/h3-13H,1-2H3,(H2,22,23,24,25,28). The van der Waals surface area contributed by atoms with Crippen LogP contribution in [0, 0.1) is 0 Å². The number of benzene rings is 2. The van der Waals surface area contributed by atoms with Crippen LogP contribution in [0.1, 0.15) is 5.56 Å². The van der Waals surface area contributed by atoms with Crippen LogP contribution < -0.4 is 20.1 Å². The first-order valence-electron chi connectivity index (χ1n) is 8.61. The number of carbonyl (C=O) groups excluding carboxylic acids is 1. The number of nitrogens with one attached hydrogen (secondary N) is 2. The molecule has 0 aliphatic rings. The Bertz CT molecular complexity index is 1010. The lowest BCUT2D eigenvalue weighted by Gasteiger charge is -2.05. The second-order valence-corrected chi connectivity index (χ2v) is 7.08. The minimum atomic E-state index is -0.328. The molecule has 3 rings (SSSR count). The van der Waals surface area contributed by atoms with E-state index in [0.717, 1.165) is 28.3 Å². The maximum Gasteiger partial charge on any atom is 0.250 e. The van der Waals surface area contributed by atoms with Crippen molar-refractivity contribution in [3.63, 3.8) is 0 Å². The predicted molar refractivity (Wildman–Crippen MR) is 120 cm³/mol. The third-order valence-corrected chi connectivity index (χ3v) is 4.85. The molecule has 0 spiro atoms. The van der Waals surface area contributed by atoms with Crippen molar-refractivity contribution in [1.29, 1.82) is 0 Å². The largest absolute Gasteiger partial charge is 0.497 e. The molecule has 1 aromatic heterocycles. The first kappa shape index (κ1) is 20.5. The molecule has 0 aliphatic heterocycles. The molecule has 3 aromatic rings. The molecular weight excluding hydrogens is 406 g/mol. The Morgan fingerprint density at radius 3 is 2.28 bits per heavy atom. The lowest BCUT2D eigenvalue weighted by molar-refractivity contribution is -0.115. The highest BCUT2D eigenvalue weighted by atomic mass is 32.1. The molecule has 0 saturated carbocycles. The van der Waals surface area contributed by atoms with Gasteiger partial charge in [-0.25, -0.2) is 4.98 Å². The predicted octanol–water partition coefficient (Wildman–Crippen LogP) is 4.35. The Morgan fingerprint density at radius 2 is 1.66 bits per heavy atom. The van der Waals surface area contributed by atoms with Gasteiger partial charge >= 0.3 is 0 Å². The van der Waals surface area contributed by atoms with Gasteiger partial charge in [0.05, 0.1) is 19.9 Å². The summed E-state index contributed by atoms with van der Waals surface area (Å²) in [5, 5.41) is 8.23. The number of methoxy groups -OCH3 is 2. The van der Waals surface area contributed by atoms with E-state index in [1.54, 1.807) is 20.3 Å². The summed E-state index contributed by atoms with van der Waals surface area (Å²) in [6.07, 6.45) is 3.11. The quantitative estimate of drug-likeness (QED) is 0.452. The minimum Gasteiger partial charge on any atom is -0.497 e. The molecule has 8 heteroatoms. The minimum absolute atomic E-state index is 0.185. The van der Waals surface area contributed by atoms with Crippen LogP contribution in [0.25, 0.3) is 17.3 Å². The van der Waals surface area contributed by atoms with Crippen molar-refractivity contribution in [2.75, 3.05) is 19.5 Å². The number of hydrogen-bond acceptors (Lipinski definition) is 6. The van der Waals surface area contributed by atoms with Gasteiger partial charge in [0, 0.05) is 17.0 Å². The topological polar surface area (TPSA) is 72.5 Å². The number of nitrogens with zero attached hydrogens (tertiary/aromatic N) is 1. The summed E-state index contributed by atoms with van der Waals surface area (Å²) >= 11 is 6.59. The molecule has 0 fully saturated rings. The first-order chi connectivity index (χ1) is 14.1. The number of rotatable bonds is 6. The van der Waals surface area contributed by atoms with E-state index in [-0.39, 0.29) is 11.0 Å². The van der Waals surface area contributed by atoms with Crippen molar-refractivity contribution in [3.05, 3.63) is 65.6 Å². The Morgan fingerprint density at radius 1 is 1.03 bits per heavy atom. The van der Waals surface area contributed by atoms with E-state index >= 15 is 0 Å². The molecule has 148 valence electrons. The Labute approximate surface area is 178 Å². The molecule has 1 amide bonds. The van der Waals surface area contributed by atoms with E-state index in [2.05, 4.69) is 15.6 Å². The van der Waals surface area contributed by atoms with Crippen LogP contribution >= 0.6 is 23.6 Å². The van der Waals surface area contributed by atoms with Gasteiger partial charge in [0.25, 0.3) is 0 Å². The summed E-state index contributed by atoms with van der Waals surface area (Å²) in [5.41, 5.74) is 2.66. The summed E-state index contributed by atoms with van der Waals surface area (Å²) in [5.74, 6) is 1.22. The van der Waals surface area contributed by atoms with Gasteiger partial charge in [0.15, 0.2) is 10.2 Å². The normalized spacial score (nSPS) is 10.6. The summed E-state index contributed by atoms with van der Waals surface area (Å²) in [7, 11) is 3.23. The number of amides is 1. The molecule has 29 heavy (non-hydrogen) atoms. The molecule has 0 saturated heterocycles. The first-order valence-corrected chi connectivity index (χ1v) is 9.90.